The standard InChI is InChI=1S/C22H24O5/c1-3-4-9-20(23)19(22(26)27-2)14-15-10-12-16(13-11-15)17-7-5-6-8-18(17)21(24)25/h5-8,10-13,19H,3-4,9,14H2,1-2H3,(H,24,25). The zero-order valence-corrected chi connectivity index (χ0v) is 15.6. The minimum atomic E-state index is -0.984. The predicted octanol–water partition coefficient (Wildman–Crippen LogP) is 4.14. The average Bonchev–Trinajstić information content (AvgIpc) is 2.70. The van der Waals surface area contributed by atoms with Gasteiger partial charge in [-0.2, -0.15) is 0 Å². The minimum Gasteiger partial charge on any atom is -0.478 e. The SMILES string of the molecule is CCCCC(=O)C(Cc1ccc(-c2ccccc2C(=O)O)cc1)C(=O)OC. The normalized spacial score (nSPS) is 11.6. The molecule has 2 rings (SSSR count). The van der Waals surface area contributed by atoms with E-state index in [0.717, 1.165) is 24.0 Å². The predicted molar refractivity (Wildman–Crippen MR) is 103 cm³/mol. The Hall–Kier alpha value is -2.95. The Bertz CT molecular complexity index is 808. The summed E-state index contributed by atoms with van der Waals surface area (Å²) < 4.78 is 4.80. The van der Waals surface area contributed by atoms with Crippen LogP contribution in [0, 0.1) is 5.92 Å². The Morgan fingerprint density at radius 3 is 2.30 bits per heavy atom. The molecule has 2 aromatic carbocycles. The first-order chi connectivity index (χ1) is 13.0. The van der Waals surface area contributed by atoms with Crippen LogP contribution in [-0.4, -0.2) is 29.9 Å². The molecule has 1 N–H and O–H groups in total. The van der Waals surface area contributed by atoms with Crippen molar-refractivity contribution in [2.45, 2.75) is 32.6 Å². The lowest BCUT2D eigenvalue weighted by molar-refractivity contribution is -0.149. The van der Waals surface area contributed by atoms with Crippen molar-refractivity contribution in [1.29, 1.82) is 0 Å². The van der Waals surface area contributed by atoms with Crippen molar-refractivity contribution in [2.24, 2.45) is 5.92 Å². The Kier molecular flexibility index (Phi) is 7.29. The molecule has 0 spiro atoms. The highest BCUT2D eigenvalue weighted by atomic mass is 16.5. The van der Waals surface area contributed by atoms with Crippen molar-refractivity contribution in [1.82, 2.24) is 0 Å². The molecule has 5 nitrogen and oxygen atoms in total. The van der Waals surface area contributed by atoms with Crippen LogP contribution >= 0.6 is 0 Å². The molecular weight excluding hydrogens is 344 g/mol. The molecule has 1 atom stereocenters. The Labute approximate surface area is 159 Å². The minimum absolute atomic E-state index is 0.107. The van der Waals surface area contributed by atoms with E-state index in [-0.39, 0.29) is 17.8 Å². The van der Waals surface area contributed by atoms with Gasteiger partial charge in [-0.05, 0) is 35.6 Å². The van der Waals surface area contributed by atoms with Crippen LogP contribution in [0.25, 0.3) is 11.1 Å². The van der Waals surface area contributed by atoms with Crippen LogP contribution in [0.1, 0.15) is 42.1 Å². The van der Waals surface area contributed by atoms with Gasteiger partial charge in [0.1, 0.15) is 11.7 Å². The first-order valence-corrected chi connectivity index (χ1v) is 9.00. The van der Waals surface area contributed by atoms with Crippen LogP contribution in [0.5, 0.6) is 0 Å². The summed E-state index contributed by atoms with van der Waals surface area (Å²) in [5.74, 6) is -2.42. The van der Waals surface area contributed by atoms with Gasteiger partial charge in [-0.15, -0.1) is 0 Å². The fraction of sp³-hybridized carbons (Fsp3) is 0.318. The summed E-state index contributed by atoms with van der Waals surface area (Å²) in [5, 5.41) is 9.33. The molecule has 0 aliphatic rings. The highest BCUT2D eigenvalue weighted by molar-refractivity contribution is 5.99. The number of carbonyl (C=O) groups is 3. The number of methoxy groups -OCH3 is 1. The first kappa shape index (κ1) is 20.4. The number of benzene rings is 2. The molecule has 5 heteroatoms. The second-order valence-electron chi connectivity index (χ2n) is 6.40. The van der Waals surface area contributed by atoms with Gasteiger partial charge in [0.05, 0.1) is 12.7 Å². The molecule has 0 aromatic heterocycles. The van der Waals surface area contributed by atoms with E-state index in [4.69, 9.17) is 4.74 Å². The number of unbranched alkanes of at least 4 members (excludes halogenated alkanes) is 1. The number of carboxylic acid groups (broad SMARTS) is 1. The number of aromatic carboxylic acids is 1. The van der Waals surface area contributed by atoms with E-state index >= 15 is 0 Å². The van der Waals surface area contributed by atoms with E-state index < -0.39 is 17.9 Å². The molecule has 0 heterocycles. The van der Waals surface area contributed by atoms with Crippen molar-refractivity contribution in [3.05, 3.63) is 59.7 Å². The van der Waals surface area contributed by atoms with Crippen LogP contribution in [0.2, 0.25) is 0 Å². The number of ketones is 1. The van der Waals surface area contributed by atoms with E-state index in [2.05, 4.69) is 0 Å². The first-order valence-electron chi connectivity index (χ1n) is 9.00. The van der Waals surface area contributed by atoms with Gasteiger partial charge in [0.25, 0.3) is 0 Å². The third kappa shape index (κ3) is 5.26. The summed E-state index contributed by atoms with van der Waals surface area (Å²) >= 11 is 0. The number of carbonyl (C=O) groups excluding carboxylic acids is 2. The summed E-state index contributed by atoms with van der Waals surface area (Å²) in [6, 6.07) is 14.0. The van der Waals surface area contributed by atoms with Gasteiger partial charge in [0.15, 0.2) is 0 Å². The molecule has 0 aliphatic carbocycles. The summed E-state index contributed by atoms with van der Waals surface area (Å²) in [6.07, 6.45) is 2.27. The fourth-order valence-electron chi connectivity index (χ4n) is 2.97. The van der Waals surface area contributed by atoms with E-state index in [1.165, 1.54) is 7.11 Å². The van der Waals surface area contributed by atoms with Crippen LogP contribution in [0.3, 0.4) is 0 Å². The van der Waals surface area contributed by atoms with Crippen LogP contribution in [0.4, 0.5) is 0 Å². The number of hydrogen-bond acceptors (Lipinski definition) is 4. The molecule has 0 fully saturated rings. The quantitative estimate of drug-likeness (QED) is 0.531. The zero-order valence-electron chi connectivity index (χ0n) is 15.6. The summed E-state index contributed by atoms with van der Waals surface area (Å²) in [6.45, 7) is 1.99. The van der Waals surface area contributed by atoms with Crippen LogP contribution in [0.15, 0.2) is 48.5 Å². The molecule has 0 aliphatic heterocycles. The van der Waals surface area contributed by atoms with Crippen molar-refractivity contribution in [3.8, 4) is 11.1 Å². The maximum absolute atomic E-state index is 12.3. The van der Waals surface area contributed by atoms with E-state index in [1.807, 2.05) is 31.2 Å². The Morgan fingerprint density at radius 1 is 1.04 bits per heavy atom. The highest BCUT2D eigenvalue weighted by Gasteiger charge is 2.27. The monoisotopic (exact) mass is 368 g/mol. The lowest BCUT2D eigenvalue weighted by atomic mass is 9.91. The summed E-state index contributed by atoms with van der Waals surface area (Å²) in [4.78, 5) is 35.8. The third-order valence-electron chi connectivity index (χ3n) is 4.51. The van der Waals surface area contributed by atoms with E-state index in [0.29, 0.717) is 12.0 Å². The van der Waals surface area contributed by atoms with Crippen molar-refractivity contribution >= 4 is 17.7 Å². The largest absolute Gasteiger partial charge is 0.478 e. The molecule has 27 heavy (non-hydrogen) atoms. The summed E-state index contributed by atoms with van der Waals surface area (Å²) in [7, 11) is 1.29. The number of rotatable bonds is 9. The van der Waals surface area contributed by atoms with Gasteiger partial charge in [0.2, 0.25) is 0 Å². The maximum Gasteiger partial charge on any atom is 0.336 e. The van der Waals surface area contributed by atoms with E-state index in [9.17, 15) is 19.5 Å². The molecule has 0 saturated carbocycles. The molecule has 0 bridgehead atoms. The second-order valence-corrected chi connectivity index (χ2v) is 6.40. The molecule has 142 valence electrons. The summed E-state index contributed by atoms with van der Waals surface area (Å²) in [5.41, 5.74) is 2.45. The maximum atomic E-state index is 12.3. The second kappa shape index (κ2) is 9.67. The van der Waals surface area contributed by atoms with Gasteiger partial charge in [-0.25, -0.2) is 4.79 Å². The van der Waals surface area contributed by atoms with Gasteiger partial charge < -0.3 is 9.84 Å². The lowest BCUT2D eigenvalue weighted by Crippen LogP contribution is -2.27. The highest BCUT2D eigenvalue weighted by Crippen LogP contribution is 2.25. The van der Waals surface area contributed by atoms with Gasteiger partial charge in [-0.1, -0.05) is 55.8 Å². The van der Waals surface area contributed by atoms with Crippen molar-refractivity contribution in [2.75, 3.05) is 7.11 Å². The average molecular weight is 368 g/mol. The molecule has 2 aromatic rings. The van der Waals surface area contributed by atoms with Crippen molar-refractivity contribution in [3.63, 3.8) is 0 Å². The fourth-order valence-corrected chi connectivity index (χ4v) is 2.97. The number of carboxylic acids is 1. The number of Topliss-reactive ketones (excluding diaryl/α,β-unsaturated/α-hetero) is 1. The smallest absolute Gasteiger partial charge is 0.336 e. The molecule has 0 amide bonds. The molecule has 0 saturated heterocycles. The lowest BCUT2D eigenvalue weighted by Gasteiger charge is -2.14. The number of hydrogen-bond donors (Lipinski definition) is 1. The molecular formula is C22H24O5. The van der Waals surface area contributed by atoms with Gasteiger partial charge in [-0.3, -0.25) is 9.59 Å². The van der Waals surface area contributed by atoms with Gasteiger partial charge in [0, 0.05) is 6.42 Å². The molecule has 1 unspecified atom stereocenters. The van der Waals surface area contributed by atoms with E-state index in [1.54, 1.807) is 24.3 Å². The Morgan fingerprint density at radius 2 is 1.70 bits per heavy atom. The molecule has 0 radical (unpaired) electrons. The Balaban J connectivity index is 2.22. The number of ether oxygens (including phenoxy) is 1. The topological polar surface area (TPSA) is 80.7 Å². The van der Waals surface area contributed by atoms with Crippen LogP contribution in [-0.2, 0) is 20.7 Å². The third-order valence-corrected chi connectivity index (χ3v) is 4.51. The van der Waals surface area contributed by atoms with Gasteiger partial charge >= 0.3 is 11.9 Å². The van der Waals surface area contributed by atoms with Crippen molar-refractivity contribution < 1.29 is 24.2 Å². The van der Waals surface area contributed by atoms with Crippen LogP contribution < -0.4 is 0 Å². The number of esters is 1. The zero-order chi connectivity index (χ0) is 19.8.